The second-order valence-corrected chi connectivity index (χ2v) is 5.79. The molecule has 0 fully saturated rings. The monoisotopic (exact) mass is 330 g/mol. The molecule has 6 heteroatoms. The van der Waals surface area contributed by atoms with Crippen LogP contribution in [-0.2, 0) is 6.54 Å². The first-order valence-electron chi connectivity index (χ1n) is 7.00. The van der Waals surface area contributed by atoms with Gasteiger partial charge >= 0.3 is 0 Å². The fraction of sp³-hybridized carbons (Fsp3) is 0.118. The van der Waals surface area contributed by atoms with Gasteiger partial charge in [-0.1, -0.05) is 6.07 Å². The summed E-state index contributed by atoms with van der Waals surface area (Å²) in [6.45, 7) is 0.253. The number of nitrogens with one attached hydrogen (secondary N) is 1. The zero-order valence-corrected chi connectivity index (χ0v) is 13.3. The molecule has 3 aromatic rings. The molecule has 0 atom stereocenters. The van der Waals surface area contributed by atoms with Crippen LogP contribution >= 0.6 is 11.3 Å². The summed E-state index contributed by atoms with van der Waals surface area (Å²) in [6.07, 6.45) is 3.77. The van der Waals surface area contributed by atoms with Crippen LogP contribution in [0.3, 0.4) is 0 Å². The topological polar surface area (TPSA) is 43.3 Å². The van der Waals surface area contributed by atoms with Crippen LogP contribution < -0.4 is 10.1 Å². The lowest BCUT2D eigenvalue weighted by Gasteiger charge is -2.08. The first-order chi connectivity index (χ1) is 11.2. The summed E-state index contributed by atoms with van der Waals surface area (Å²) in [5.74, 6) is -0.434. The van der Waals surface area contributed by atoms with Crippen LogP contribution in [0.15, 0.2) is 54.2 Å². The summed E-state index contributed by atoms with van der Waals surface area (Å²) in [5, 5.41) is 4.69. The van der Waals surface area contributed by atoms with Crippen molar-refractivity contribution in [1.82, 2.24) is 9.88 Å². The van der Waals surface area contributed by atoms with Gasteiger partial charge < -0.3 is 14.6 Å². The van der Waals surface area contributed by atoms with Crippen LogP contribution in [-0.4, -0.2) is 17.6 Å². The molecule has 0 radical (unpaired) electrons. The van der Waals surface area contributed by atoms with Crippen LogP contribution in [0, 0.1) is 5.82 Å². The Labute approximate surface area is 137 Å². The predicted octanol–water partition coefficient (Wildman–Crippen LogP) is 3.62. The normalized spacial score (nSPS) is 10.5. The largest absolute Gasteiger partial charge is 0.494 e. The molecule has 0 bridgehead atoms. The van der Waals surface area contributed by atoms with E-state index in [4.69, 9.17) is 4.74 Å². The fourth-order valence-electron chi connectivity index (χ4n) is 2.25. The Morgan fingerprint density at radius 1 is 1.30 bits per heavy atom. The van der Waals surface area contributed by atoms with E-state index >= 15 is 0 Å². The van der Waals surface area contributed by atoms with Crippen LogP contribution in [0.5, 0.6) is 5.75 Å². The minimum absolute atomic E-state index is 0.181. The Balaban J connectivity index is 1.71. The standard InChI is InChI=1S/C17H15FN2O2S/c1-22-15-5-4-12(10-13(15)18)11-19-17(21)16-14(6-9-23-16)20-7-2-3-8-20/h2-10H,11H2,1H3,(H,19,21). The molecule has 2 aromatic heterocycles. The molecule has 0 aliphatic heterocycles. The number of carbonyl (C=O) groups excluding carboxylic acids is 1. The average molecular weight is 330 g/mol. The van der Waals surface area contributed by atoms with Gasteiger partial charge in [-0.2, -0.15) is 0 Å². The van der Waals surface area contributed by atoms with E-state index in [0.29, 0.717) is 10.4 Å². The lowest BCUT2D eigenvalue weighted by Crippen LogP contribution is -2.23. The summed E-state index contributed by atoms with van der Waals surface area (Å²) < 4.78 is 20.4. The third-order valence-electron chi connectivity index (χ3n) is 3.40. The fourth-order valence-corrected chi connectivity index (χ4v) is 3.06. The Morgan fingerprint density at radius 3 is 2.78 bits per heavy atom. The van der Waals surface area contributed by atoms with Gasteiger partial charge in [-0.25, -0.2) is 4.39 Å². The molecular weight excluding hydrogens is 315 g/mol. The van der Waals surface area contributed by atoms with Crippen LogP contribution in [0.4, 0.5) is 4.39 Å². The van der Waals surface area contributed by atoms with Crippen molar-refractivity contribution >= 4 is 17.2 Å². The van der Waals surface area contributed by atoms with Gasteiger partial charge in [-0.05, 0) is 41.3 Å². The van der Waals surface area contributed by atoms with Crippen molar-refractivity contribution in [1.29, 1.82) is 0 Å². The molecular formula is C17H15FN2O2S. The Kier molecular flexibility index (Phi) is 4.43. The molecule has 0 spiro atoms. The van der Waals surface area contributed by atoms with E-state index in [9.17, 15) is 9.18 Å². The number of nitrogens with zero attached hydrogens (tertiary/aromatic N) is 1. The van der Waals surface area contributed by atoms with Crippen LogP contribution in [0.25, 0.3) is 5.69 Å². The summed E-state index contributed by atoms with van der Waals surface area (Å²) in [6, 6.07) is 10.3. The lowest BCUT2D eigenvalue weighted by molar-refractivity contribution is 0.0955. The average Bonchev–Trinajstić information content (AvgIpc) is 3.23. The Bertz CT molecular complexity index is 812. The summed E-state index contributed by atoms with van der Waals surface area (Å²) in [5.41, 5.74) is 1.51. The molecule has 0 saturated heterocycles. The molecule has 0 aliphatic carbocycles. The molecule has 118 valence electrons. The van der Waals surface area contributed by atoms with Crippen molar-refractivity contribution in [3.63, 3.8) is 0 Å². The number of benzene rings is 1. The summed E-state index contributed by atoms with van der Waals surface area (Å²) >= 11 is 1.37. The first kappa shape index (κ1) is 15.3. The van der Waals surface area contributed by atoms with Gasteiger partial charge in [-0.15, -0.1) is 11.3 Å². The van der Waals surface area contributed by atoms with E-state index in [1.54, 1.807) is 12.1 Å². The molecule has 1 aromatic carbocycles. The smallest absolute Gasteiger partial charge is 0.263 e. The van der Waals surface area contributed by atoms with Crippen molar-refractivity contribution in [2.24, 2.45) is 0 Å². The predicted molar refractivity (Wildman–Crippen MR) is 87.8 cm³/mol. The maximum absolute atomic E-state index is 13.7. The van der Waals surface area contributed by atoms with E-state index in [1.165, 1.54) is 24.5 Å². The molecule has 1 amide bonds. The van der Waals surface area contributed by atoms with Gasteiger partial charge in [0.15, 0.2) is 11.6 Å². The van der Waals surface area contributed by atoms with E-state index in [-0.39, 0.29) is 18.2 Å². The summed E-state index contributed by atoms with van der Waals surface area (Å²) in [7, 11) is 1.42. The SMILES string of the molecule is COc1ccc(CNC(=O)c2sccc2-n2cccc2)cc1F. The van der Waals surface area contributed by atoms with Crippen molar-refractivity contribution < 1.29 is 13.9 Å². The number of methoxy groups -OCH3 is 1. The zero-order chi connectivity index (χ0) is 16.2. The molecule has 3 rings (SSSR count). The van der Waals surface area contributed by atoms with Gasteiger partial charge in [0, 0.05) is 18.9 Å². The first-order valence-corrected chi connectivity index (χ1v) is 7.88. The Hall–Kier alpha value is -2.60. The molecule has 23 heavy (non-hydrogen) atoms. The van der Waals surface area contributed by atoms with E-state index in [1.807, 2.05) is 40.5 Å². The molecule has 2 heterocycles. The second kappa shape index (κ2) is 6.66. The highest BCUT2D eigenvalue weighted by molar-refractivity contribution is 7.12. The third-order valence-corrected chi connectivity index (χ3v) is 4.30. The zero-order valence-electron chi connectivity index (χ0n) is 12.5. The van der Waals surface area contributed by atoms with E-state index < -0.39 is 5.82 Å². The van der Waals surface area contributed by atoms with Crippen molar-refractivity contribution in [2.45, 2.75) is 6.54 Å². The summed E-state index contributed by atoms with van der Waals surface area (Å²) in [4.78, 5) is 13.0. The van der Waals surface area contributed by atoms with Crippen molar-refractivity contribution in [3.8, 4) is 11.4 Å². The van der Waals surface area contributed by atoms with Crippen molar-refractivity contribution in [3.05, 3.63) is 70.4 Å². The van der Waals surface area contributed by atoms with Crippen LogP contribution in [0.2, 0.25) is 0 Å². The number of carbonyl (C=O) groups is 1. The highest BCUT2D eigenvalue weighted by atomic mass is 32.1. The van der Waals surface area contributed by atoms with Crippen LogP contribution in [0.1, 0.15) is 15.2 Å². The molecule has 0 unspecified atom stereocenters. The number of hydrogen-bond donors (Lipinski definition) is 1. The number of ether oxygens (including phenoxy) is 1. The van der Waals surface area contributed by atoms with Crippen molar-refractivity contribution in [2.75, 3.05) is 7.11 Å². The second-order valence-electron chi connectivity index (χ2n) is 4.88. The van der Waals surface area contributed by atoms with Gasteiger partial charge in [0.2, 0.25) is 0 Å². The minimum atomic E-state index is -0.441. The molecule has 0 aliphatic rings. The number of rotatable bonds is 5. The molecule has 4 nitrogen and oxygen atoms in total. The van der Waals surface area contributed by atoms with Gasteiger partial charge in [0.1, 0.15) is 4.88 Å². The highest BCUT2D eigenvalue weighted by Crippen LogP contribution is 2.22. The number of thiophene rings is 1. The number of aromatic nitrogens is 1. The van der Waals surface area contributed by atoms with Gasteiger partial charge in [0.05, 0.1) is 12.8 Å². The van der Waals surface area contributed by atoms with E-state index in [2.05, 4.69) is 5.32 Å². The number of amides is 1. The Morgan fingerprint density at radius 2 is 2.09 bits per heavy atom. The van der Waals surface area contributed by atoms with Gasteiger partial charge in [0.25, 0.3) is 5.91 Å². The van der Waals surface area contributed by atoms with E-state index in [0.717, 1.165) is 5.69 Å². The quantitative estimate of drug-likeness (QED) is 0.776. The maximum Gasteiger partial charge on any atom is 0.263 e. The minimum Gasteiger partial charge on any atom is -0.494 e. The lowest BCUT2D eigenvalue weighted by atomic mass is 10.2. The number of halogens is 1. The highest BCUT2D eigenvalue weighted by Gasteiger charge is 2.14. The maximum atomic E-state index is 13.7. The number of hydrogen-bond acceptors (Lipinski definition) is 3. The molecule has 0 saturated carbocycles. The van der Waals surface area contributed by atoms with Gasteiger partial charge in [-0.3, -0.25) is 4.79 Å². The third kappa shape index (κ3) is 3.27. The molecule has 1 N–H and O–H groups in total.